The summed E-state index contributed by atoms with van der Waals surface area (Å²) < 4.78 is 41.7. The zero-order chi connectivity index (χ0) is 18.9. The third kappa shape index (κ3) is 3.08. The molecule has 0 saturated heterocycles. The Morgan fingerprint density at radius 1 is 1.08 bits per heavy atom. The summed E-state index contributed by atoms with van der Waals surface area (Å²) in [5, 5.41) is 11.8. The monoisotopic (exact) mass is 378 g/mol. The third-order valence-electron chi connectivity index (χ3n) is 3.88. The summed E-state index contributed by atoms with van der Waals surface area (Å²) in [6.45, 7) is 1.76. The maximum Gasteiger partial charge on any atom is 0.262 e. The molecule has 0 aliphatic carbocycles. The van der Waals surface area contributed by atoms with E-state index in [2.05, 4.69) is 20.0 Å². The predicted molar refractivity (Wildman–Crippen MR) is 93.2 cm³/mol. The lowest BCUT2D eigenvalue weighted by Crippen LogP contribution is -2.15. The van der Waals surface area contributed by atoms with Gasteiger partial charge in [-0.1, -0.05) is 0 Å². The molecule has 2 heterocycles. The van der Waals surface area contributed by atoms with Crippen LogP contribution in [0.4, 0.5) is 5.69 Å². The highest BCUT2D eigenvalue weighted by molar-refractivity contribution is 7.92. The van der Waals surface area contributed by atoms with Gasteiger partial charge in [0.15, 0.2) is 17.3 Å². The molecule has 0 fully saturated rings. The van der Waals surface area contributed by atoms with Gasteiger partial charge < -0.3 is 9.47 Å². The first-order valence-corrected chi connectivity index (χ1v) is 8.99. The van der Waals surface area contributed by atoms with Gasteiger partial charge in [0.25, 0.3) is 10.0 Å². The Balaban J connectivity index is 2.04. The van der Waals surface area contributed by atoms with E-state index in [0.717, 1.165) is 0 Å². The molecular weight excluding hydrogens is 360 g/mol. The van der Waals surface area contributed by atoms with E-state index in [-0.39, 0.29) is 4.90 Å². The number of anilines is 1. The number of methoxy groups -OCH3 is 2. The van der Waals surface area contributed by atoms with Crippen molar-refractivity contribution in [3.63, 3.8) is 0 Å². The molecule has 0 unspecified atom stereocenters. The first-order chi connectivity index (χ1) is 12.4. The Bertz CT molecular complexity index is 1030. The highest BCUT2D eigenvalue weighted by Gasteiger charge is 2.23. The second-order valence-corrected chi connectivity index (χ2v) is 7.08. The molecular formula is C15H18N6O4S. The zero-order valence-electron chi connectivity index (χ0n) is 14.7. The summed E-state index contributed by atoms with van der Waals surface area (Å²) in [6, 6.07) is 4.36. The Labute approximate surface area is 150 Å². The van der Waals surface area contributed by atoms with E-state index in [1.54, 1.807) is 18.7 Å². The first-order valence-electron chi connectivity index (χ1n) is 7.51. The van der Waals surface area contributed by atoms with Gasteiger partial charge in [0.05, 0.1) is 24.8 Å². The van der Waals surface area contributed by atoms with Crippen LogP contribution < -0.4 is 14.2 Å². The van der Waals surface area contributed by atoms with Crippen molar-refractivity contribution in [2.75, 3.05) is 18.9 Å². The Morgan fingerprint density at radius 2 is 1.73 bits per heavy atom. The van der Waals surface area contributed by atoms with Gasteiger partial charge in [-0.05, 0) is 19.1 Å². The Morgan fingerprint density at radius 3 is 2.35 bits per heavy atom. The molecule has 11 heteroatoms. The van der Waals surface area contributed by atoms with E-state index in [1.165, 1.54) is 49.6 Å². The lowest BCUT2D eigenvalue weighted by atomic mass is 10.3. The Kier molecular flexibility index (Phi) is 4.55. The van der Waals surface area contributed by atoms with Gasteiger partial charge in [-0.3, -0.25) is 14.0 Å². The second-order valence-electron chi connectivity index (χ2n) is 5.40. The summed E-state index contributed by atoms with van der Waals surface area (Å²) in [6.07, 6.45) is 2.88. The van der Waals surface area contributed by atoms with Crippen LogP contribution in [0.25, 0.3) is 5.82 Å². The van der Waals surface area contributed by atoms with Crippen LogP contribution in [-0.2, 0) is 17.1 Å². The number of nitrogens with zero attached hydrogens (tertiary/aromatic N) is 5. The minimum atomic E-state index is -3.89. The van der Waals surface area contributed by atoms with Crippen molar-refractivity contribution in [3.05, 3.63) is 36.5 Å². The average molecular weight is 378 g/mol. The molecule has 0 atom stereocenters. The van der Waals surface area contributed by atoms with Gasteiger partial charge in [0.1, 0.15) is 18.3 Å². The van der Waals surface area contributed by atoms with Crippen LogP contribution in [0.3, 0.4) is 0 Å². The summed E-state index contributed by atoms with van der Waals surface area (Å²) in [5.41, 5.74) is 0.972. The number of benzene rings is 1. The van der Waals surface area contributed by atoms with E-state index >= 15 is 0 Å². The van der Waals surface area contributed by atoms with Crippen molar-refractivity contribution in [2.45, 2.75) is 11.8 Å². The summed E-state index contributed by atoms with van der Waals surface area (Å²) in [5.74, 6) is 1.13. The number of ether oxygens (including phenoxy) is 2. The van der Waals surface area contributed by atoms with E-state index in [4.69, 9.17) is 9.47 Å². The van der Waals surface area contributed by atoms with Crippen molar-refractivity contribution in [2.24, 2.45) is 7.05 Å². The lowest BCUT2D eigenvalue weighted by Gasteiger charge is -2.12. The molecule has 2 aromatic heterocycles. The molecule has 3 rings (SSSR count). The van der Waals surface area contributed by atoms with Gasteiger partial charge in [-0.2, -0.15) is 5.10 Å². The molecule has 0 saturated carbocycles. The molecule has 0 spiro atoms. The number of sulfonamides is 1. The van der Waals surface area contributed by atoms with Crippen LogP contribution in [0.1, 0.15) is 5.69 Å². The van der Waals surface area contributed by atoms with Gasteiger partial charge in [0.2, 0.25) is 0 Å². The maximum atomic E-state index is 12.9. The van der Waals surface area contributed by atoms with E-state index < -0.39 is 10.0 Å². The fourth-order valence-electron chi connectivity index (χ4n) is 2.38. The van der Waals surface area contributed by atoms with Gasteiger partial charge in [-0.15, -0.1) is 10.2 Å². The standard InChI is InChI=1S/C15H18N6O4S/c1-10-14(15(18-20(10)2)21-8-16-17-9-21)19-26(22,23)11-5-6-12(24-3)13(7-11)25-4/h5-9,19H,1-4H3. The molecule has 1 N–H and O–H groups in total. The fourth-order valence-corrected chi connectivity index (χ4v) is 3.51. The van der Waals surface area contributed by atoms with Crippen LogP contribution in [0.2, 0.25) is 0 Å². The third-order valence-corrected chi connectivity index (χ3v) is 5.23. The zero-order valence-corrected chi connectivity index (χ0v) is 15.5. The van der Waals surface area contributed by atoms with Crippen LogP contribution in [0.15, 0.2) is 35.7 Å². The minimum Gasteiger partial charge on any atom is -0.493 e. The molecule has 0 radical (unpaired) electrons. The molecule has 0 aliphatic heterocycles. The minimum absolute atomic E-state index is 0.0353. The van der Waals surface area contributed by atoms with Crippen molar-refractivity contribution in [1.82, 2.24) is 24.5 Å². The molecule has 0 aliphatic rings. The van der Waals surface area contributed by atoms with Crippen LogP contribution in [-0.4, -0.2) is 47.2 Å². The molecule has 1 aromatic carbocycles. The number of nitrogens with one attached hydrogen (secondary N) is 1. The summed E-state index contributed by atoms with van der Waals surface area (Å²) in [4.78, 5) is 0.0353. The van der Waals surface area contributed by atoms with Crippen molar-refractivity contribution < 1.29 is 17.9 Å². The van der Waals surface area contributed by atoms with Crippen LogP contribution >= 0.6 is 0 Å². The quantitative estimate of drug-likeness (QED) is 0.684. The highest BCUT2D eigenvalue weighted by Crippen LogP contribution is 2.31. The maximum absolute atomic E-state index is 12.9. The van der Waals surface area contributed by atoms with E-state index in [1.807, 2.05) is 0 Å². The van der Waals surface area contributed by atoms with E-state index in [0.29, 0.717) is 28.7 Å². The lowest BCUT2D eigenvalue weighted by molar-refractivity contribution is 0.354. The van der Waals surface area contributed by atoms with Crippen LogP contribution in [0, 0.1) is 6.92 Å². The molecule has 10 nitrogen and oxygen atoms in total. The van der Waals surface area contributed by atoms with Crippen molar-refractivity contribution in [3.8, 4) is 17.3 Å². The smallest absolute Gasteiger partial charge is 0.262 e. The van der Waals surface area contributed by atoms with Gasteiger partial charge >= 0.3 is 0 Å². The number of aryl methyl sites for hydroxylation is 1. The number of hydrogen-bond donors (Lipinski definition) is 1. The number of hydrogen-bond acceptors (Lipinski definition) is 7. The summed E-state index contributed by atoms with van der Waals surface area (Å²) in [7, 11) is 0.755. The number of rotatable bonds is 6. The SMILES string of the molecule is COc1ccc(S(=O)(=O)Nc2c(-n3cnnc3)nn(C)c2C)cc1OC. The Hall–Kier alpha value is -3.08. The molecule has 26 heavy (non-hydrogen) atoms. The molecule has 0 amide bonds. The average Bonchev–Trinajstić information content (AvgIpc) is 3.25. The fraction of sp³-hybridized carbons (Fsp3) is 0.267. The first kappa shape index (κ1) is 17.7. The molecule has 3 aromatic rings. The largest absolute Gasteiger partial charge is 0.493 e. The van der Waals surface area contributed by atoms with Gasteiger partial charge in [-0.25, -0.2) is 8.42 Å². The highest BCUT2D eigenvalue weighted by atomic mass is 32.2. The normalized spacial score (nSPS) is 11.4. The van der Waals surface area contributed by atoms with Gasteiger partial charge in [0, 0.05) is 13.1 Å². The number of aromatic nitrogens is 5. The summed E-state index contributed by atoms with van der Waals surface area (Å²) >= 11 is 0. The van der Waals surface area contributed by atoms with Crippen molar-refractivity contribution in [1.29, 1.82) is 0 Å². The van der Waals surface area contributed by atoms with Crippen molar-refractivity contribution >= 4 is 15.7 Å². The second kappa shape index (κ2) is 6.67. The van der Waals surface area contributed by atoms with E-state index in [9.17, 15) is 8.42 Å². The van der Waals surface area contributed by atoms with Crippen LogP contribution in [0.5, 0.6) is 11.5 Å². The molecule has 138 valence electrons. The topological polar surface area (TPSA) is 113 Å². The molecule has 0 bridgehead atoms. The predicted octanol–water partition coefficient (Wildman–Crippen LogP) is 1.13.